The number of aromatic nitrogens is 3. The van der Waals surface area contributed by atoms with Crippen LogP contribution in [-0.4, -0.2) is 83.9 Å². The third kappa shape index (κ3) is 5.38. The van der Waals surface area contributed by atoms with Crippen molar-refractivity contribution in [2.24, 2.45) is 0 Å². The lowest BCUT2D eigenvalue weighted by molar-refractivity contribution is -0.128. The maximum absolute atomic E-state index is 13.0. The molecule has 0 spiro atoms. The van der Waals surface area contributed by atoms with Crippen LogP contribution in [0.3, 0.4) is 0 Å². The fraction of sp³-hybridized carbons (Fsp3) is 0.400. The molecule has 1 aromatic heterocycles. The Morgan fingerprint density at radius 3 is 2.60 bits per heavy atom. The molecule has 1 fully saturated rings. The topological polar surface area (TPSA) is 82.0 Å². The highest BCUT2D eigenvalue weighted by atomic mass is 32.2. The number of hydrogen-bond acceptors (Lipinski definition) is 8. The summed E-state index contributed by atoms with van der Waals surface area (Å²) in [7, 11) is 1.79. The largest absolute Gasteiger partial charge is 0.486 e. The lowest BCUT2D eigenvalue weighted by atomic mass is 10.2. The van der Waals surface area contributed by atoms with Crippen LogP contribution in [0.15, 0.2) is 53.7 Å². The first kappa shape index (κ1) is 23.5. The van der Waals surface area contributed by atoms with Gasteiger partial charge in [0.1, 0.15) is 6.61 Å². The Kier molecular flexibility index (Phi) is 7.10. The summed E-state index contributed by atoms with van der Waals surface area (Å²) in [5.41, 5.74) is 2.15. The highest BCUT2D eigenvalue weighted by Crippen LogP contribution is 2.31. The number of benzene rings is 2. The molecule has 0 aliphatic carbocycles. The van der Waals surface area contributed by atoms with Gasteiger partial charge in [0, 0.05) is 20.1 Å². The highest BCUT2D eigenvalue weighted by Gasteiger charge is 2.25. The Morgan fingerprint density at radius 1 is 1.09 bits per heavy atom. The van der Waals surface area contributed by atoms with E-state index in [9.17, 15) is 4.79 Å². The molecule has 10 heteroatoms. The van der Waals surface area contributed by atoms with Crippen molar-refractivity contribution < 1.29 is 19.0 Å². The fourth-order valence-corrected chi connectivity index (χ4v) is 4.93. The molecule has 184 valence electrons. The van der Waals surface area contributed by atoms with E-state index in [1.165, 1.54) is 17.3 Å². The zero-order chi connectivity index (χ0) is 24.2. The monoisotopic (exact) mass is 495 g/mol. The summed E-state index contributed by atoms with van der Waals surface area (Å²) in [4.78, 5) is 16.8. The van der Waals surface area contributed by atoms with E-state index in [0.717, 1.165) is 30.5 Å². The number of amides is 1. The molecule has 35 heavy (non-hydrogen) atoms. The maximum Gasteiger partial charge on any atom is 0.232 e. The lowest BCUT2D eigenvalue weighted by Gasteiger charge is -2.29. The van der Waals surface area contributed by atoms with Crippen LogP contribution in [-0.2, 0) is 9.53 Å². The van der Waals surface area contributed by atoms with E-state index in [0.29, 0.717) is 37.3 Å². The molecule has 0 N–H and O–H groups in total. The first-order chi connectivity index (χ1) is 17.1. The van der Waals surface area contributed by atoms with Crippen LogP contribution in [0.25, 0.3) is 5.69 Å². The fourth-order valence-electron chi connectivity index (χ4n) is 4.04. The van der Waals surface area contributed by atoms with Gasteiger partial charge in [-0.05, 0) is 31.2 Å². The van der Waals surface area contributed by atoms with Gasteiger partial charge in [-0.2, -0.15) is 0 Å². The van der Waals surface area contributed by atoms with Crippen LogP contribution in [0.1, 0.15) is 5.56 Å². The van der Waals surface area contributed by atoms with Crippen molar-refractivity contribution in [3.05, 3.63) is 54.1 Å². The van der Waals surface area contributed by atoms with Crippen molar-refractivity contribution in [2.75, 3.05) is 57.2 Å². The summed E-state index contributed by atoms with van der Waals surface area (Å²) < 4.78 is 19.3. The molecular weight excluding hydrogens is 466 g/mol. The molecule has 3 aromatic rings. The number of aryl methyl sites for hydroxylation is 1. The normalized spacial score (nSPS) is 17.3. The van der Waals surface area contributed by atoms with E-state index < -0.39 is 0 Å². The molecule has 0 radical (unpaired) electrons. The summed E-state index contributed by atoms with van der Waals surface area (Å²) in [5.74, 6) is 2.45. The van der Waals surface area contributed by atoms with Gasteiger partial charge < -0.3 is 24.0 Å². The molecule has 3 heterocycles. The summed E-state index contributed by atoms with van der Waals surface area (Å²) in [6.07, 6.45) is -0.215. The van der Waals surface area contributed by atoms with Crippen LogP contribution in [0, 0.1) is 6.92 Å². The molecule has 0 bridgehead atoms. The second kappa shape index (κ2) is 10.6. The number of rotatable bonds is 7. The summed E-state index contributed by atoms with van der Waals surface area (Å²) >= 11 is 1.39. The third-order valence-corrected chi connectivity index (χ3v) is 6.91. The van der Waals surface area contributed by atoms with E-state index in [1.807, 2.05) is 28.8 Å². The third-order valence-electron chi connectivity index (χ3n) is 6.00. The highest BCUT2D eigenvalue weighted by molar-refractivity contribution is 7.99. The number of carbonyl (C=O) groups is 1. The first-order valence-electron chi connectivity index (χ1n) is 11.7. The molecule has 5 rings (SSSR count). The van der Waals surface area contributed by atoms with Gasteiger partial charge in [0.15, 0.2) is 22.8 Å². The number of ether oxygens (including phenoxy) is 3. The lowest BCUT2D eigenvalue weighted by Crippen LogP contribution is -2.42. The molecule has 2 aliphatic heterocycles. The average Bonchev–Trinajstić information content (AvgIpc) is 3.32. The molecule has 1 saturated heterocycles. The standard InChI is InChI=1S/C25H29N5O4S/c1-18-7-9-19(10-8-18)30-24(29-11-13-32-14-12-29)26-27-25(30)35-17-23(31)28(2)15-20-16-33-21-5-3-4-6-22(21)34-20/h3-10,20H,11-17H2,1-2H3/t20-/m0/s1. The summed E-state index contributed by atoms with van der Waals surface area (Å²) in [6, 6.07) is 15.8. The Labute approximate surface area is 209 Å². The van der Waals surface area contributed by atoms with Gasteiger partial charge in [0.05, 0.1) is 31.2 Å². The molecular formula is C25H29N5O4S. The van der Waals surface area contributed by atoms with Gasteiger partial charge >= 0.3 is 0 Å². The molecule has 2 aliphatic rings. The number of anilines is 1. The molecule has 0 saturated carbocycles. The van der Waals surface area contributed by atoms with Gasteiger partial charge in [-0.25, -0.2) is 0 Å². The van der Waals surface area contributed by atoms with Crippen molar-refractivity contribution in [3.8, 4) is 17.2 Å². The van der Waals surface area contributed by atoms with Crippen molar-refractivity contribution >= 4 is 23.6 Å². The van der Waals surface area contributed by atoms with Gasteiger partial charge in [-0.15, -0.1) is 10.2 Å². The number of nitrogens with zero attached hydrogens (tertiary/aromatic N) is 5. The minimum atomic E-state index is -0.215. The number of para-hydroxylation sites is 2. The average molecular weight is 496 g/mol. The van der Waals surface area contributed by atoms with Crippen LogP contribution in [0.2, 0.25) is 0 Å². The number of likely N-dealkylation sites (N-methyl/N-ethyl adjacent to an activating group) is 1. The van der Waals surface area contributed by atoms with Crippen LogP contribution in [0.5, 0.6) is 11.5 Å². The second-order valence-electron chi connectivity index (χ2n) is 8.61. The van der Waals surface area contributed by atoms with Crippen molar-refractivity contribution in [1.29, 1.82) is 0 Å². The van der Waals surface area contributed by atoms with Gasteiger partial charge in [0.2, 0.25) is 11.9 Å². The Bertz CT molecular complexity index is 1160. The predicted octanol–water partition coefficient (Wildman–Crippen LogP) is 2.80. The quantitative estimate of drug-likeness (QED) is 0.463. The van der Waals surface area contributed by atoms with Crippen molar-refractivity contribution in [2.45, 2.75) is 18.2 Å². The second-order valence-corrected chi connectivity index (χ2v) is 9.56. The van der Waals surface area contributed by atoms with Gasteiger partial charge in [0.25, 0.3) is 0 Å². The van der Waals surface area contributed by atoms with Crippen LogP contribution in [0.4, 0.5) is 5.95 Å². The van der Waals surface area contributed by atoms with E-state index in [-0.39, 0.29) is 17.8 Å². The molecule has 9 nitrogen and oxygen atoms in total. The van der Waals surface area contributed by atoms with Crippen molar-refractivity contribution in [1.82, 2.24) is 19.7 Å². The number of carbonyl (C=O) groups excluding carboxylic acids is 1. The predicted molar refractivity (Wildman–Crippen MR) is 134 cm³/mol. The van der Waals surface area contributed by atoms with E-state index in [4.69, 9.17) is 14.2 Å². The zero-order valence-corrected chi connectivity index (χ0v) is 20.7. The summed E-state index contributed by atoms with van der Waals surface area (Å²) in [6.45, 7) is 5.73. The number of hydrogen-bond donors (Lipinski definition) is 0. The molecule has 2 aromatic carbocycles. The Morgan fingerprint density at radius 2 is 1.83 bits per heavy atom. The molecule has 1 atom stereocenters. The minimum Gasteiger partial charge on any atom is -0.486 e. The summed E-state index contributed by atoms with van der Waals surface area (Å²) in [5, 5.41) is 9.60. The van der Waals surface area contributed by atoms with Crippen LogP contribution < -0.4 is 14.4 Å². The number of thioether (sulfide) groups is 1. The molecule has 1 amide bonds. The Balaban J connectivity index is 1.26. The van der Waals surface area contributed by atoms with Gasteiger partial charge in [-0.1, -0.05) is 41.6 Å². The molecule has 0 unspecified atom stereocenters. The maximum atomic E-state index is 13.0. The first-order valence-corrected chi connectivity index (χ1v) is 12.7. The Hall–Kier alpha value is -3.24. The van der Waals surface area contributed by atoms with Gasteiger partial charge in [-0.3, -0.25) is 9.36 Å². The number of fused-ring (bicyclic) bond motifs is 1. The van der Waals surface area contributed by atoms with E-state index in [1.54, 1.807) is 11.9 Å². The SMILES string of the molecule is Cc1ccc(-n2c(SCC(=O)N(C)C[C@H]3COc4ccccc4O3)nnc2N2CCOCC2)cc1. The minimum absolute atomic E-state index is 0.0103. The zero-order valence-electron chi connectivity index (χ0n) is 19.9. The number of morpholine rings is 1. The van der Waals surface area contributed by atoms with E-state index in [2.05, 4.69) is 46.3 Å². The van der Waals surface area contributed by atoms with Crippen LogP contribution >= 0.6 is 11.8 Å². The smallest absolute Gasteiger partial charge is 0.232 e. The van der Waals surface area contributed by atoms with Crippen molar-refractivity contribution in [3.63, 3.8) is 0 Å². The van der Waals surface area contributed by atoms with E-state index >= 15 is 0 Å².